The van der Waals surface area contributed by atoms with Gasteiger partial charge in [-0.15, -0.1) is 0 Å². The third-order valence-corrected chi connectivity index (χ3v) is 3.97. The van der Waals surface area contributed by atoms with E-state index in [1.165, 1.54) is 6.26 Å². The van der Waals surface area contributed by atoms with Gasteiger partial charge in [-0.05, 0) is 19.4 Å². The highest BCUT2D eigenvalue weighted by Gasteiger charge is 2.04. The molecule has 1 heterocycles. The first kappa shape index (κ1) is 14.8. The van der Waals surface area contributed by atoms with Crippen LogP contribution in [0, 0.1) is 6.92 Å². The Bertz CT molecular complexity index is 732. The predicted octanol–water partition coefficient (Wildman–Crippen LogP) is 0.579. The van der Waals surface area contributed by atoms with E-state index < -0.39 is 9.84 Å². The lowest BCUT2D eigenvalue weighted by molar-refractivity contribution is 0.600. The third kappa shape index (κ3) is 3.93. The van der Waals surface area contributed by atoms with Crippen LogP contribution in [-0.2, 0) is 9.84 Å². The van der Waals surface area contributed by atoms with Gasteiger partial charge in [-0.2, -0.15) is 0 Å². The molecule has 2 radical (unpaired) electrons. The number of fused-ring (bicyclic) bond motifs is 1. The molecule has 0 aliphatic heterocycles. The van der Waals surface area contributed by atoms with Gasteiger partial charge in [-0.1, -0.05) is 17.1 Å². The Labute approximate surface area is 120 Å². The highest BCUT2D eigenvalue weighted by Crippen LogP contribution is 2.12. The zero-order valence-corrected chi connectivity index (χ0v) is 12.4. The van der Waals surface area contributed by atoms with Gasteiger partial charge in [-0.25, -0.2) is 18.4 Å². The van der Waals surface area contributed by atoms with Gasteiger partial charge in [-0.3, -0.25) is 0 Å². The maximum absolute atomic E-state index is 11.0. The molecule has 1 aromatic heterocycles. The number of hydrogen-bond acceptors (Lipinski definition) is 5. The number of nitrogens with one attached hydrogen (secondary N) is 1. The average molecular weight is 289 g/mol. The first-order valence-corrected chi connectivity index (χ1v) is 8.36. The zero-order chi connectivity index (χ0) is 14.8. The van der Waals surface area contributed by atoms with Crippen molar-refractivity contribution in [3.05, 3.63) is 23.9 Å². The highest BCUT2D eigenvalue weighted by molar-refractivity contribution is 7.90. The topological polar surface area (TPSA) is 72.0 Å². The van der Waals surface area contributed by atoms with E-state index >= 15 is 0 Å². The molecule has 0 fully saturated rings. The molecular weight excluding hydrogens is 273 g/mol. The average Bonchev–Trinajstić information content (AvgIpc) is 2.35. The number of aromatic nitrogens is 2. The lowest BCUT2D eigenvalue weighted by Gasteiger charge is -2.07. The number of aryl methyl sites for hydroxylation is 1. The Kier molecular flexibility index (Phi) is 4.28. The first-order valence-electron chi connectivity index (χ1n) is 6.29. The fourth-order valence-electron chi connectivity index (χ4n) is 1.82. The van der Waals surface area contributed by atoms with Crippen molar-refractivity contribution >= 4 is 40.0 Å². The quantitative estimate of drug-likeness (QED) is 0.644. The van der Waals surface area contributed by atoms with E-state index in [4.69, 9.17) is 7.85 Å². The Balaban J connectivity index is 2.06. The fourth-order valence-corrected chi connectivity index (χ4v) is 2.49. The van der Waals surface area contributed by atoms with Crippen LogP contribution in [0.3, 0.4) is 0 Å². The minimum atomic E-state index is -2.92. The summed E-state index contributed by atoms with van der Waals surface area (Å²) in [5, 5.41) is 3.91. The molecule has 5 nitrogen and oxygen atoms in total. The van der Waals surface area contributed by atoms with Gasteiger partial charge in [0.05, 0.1) is 11.3 Å². The summed E-state index contributed by atoms with van der Waals surface area (Å²) < 4.78 is 22.0. The summed E-state index contributed by atoms with van der Waals surface area (Å²) in [7, 11) is 2.92. The summed E-state index contributed by atoms with van der Waals surface area (Å²) in [6.45, 7) is 2.45. The molecule has 20 heavy (non-hydrogen) atoms. The Morgan fingerprint density at radius 2 is 2.10 bits per heavy atom. The second kappa shape index (κ2) is 5.79. The summed E-state index contributed by atoms with van der Waals surface area (Å²) in [4.78, 5) is 8.57. The number of sulfone groups is 1. The van der Waals surface area contributed by atoms with E-state index in [-0.39, 0.29) is 5.75 Å². The van der Waals surface area contributed by atoms with Gasteiger partial charge in [0.15, 0.2) is 0 Å². The third-order valence-electron chi connectivity index (χ3n) is 2.94. The van der Waals surface area contributed by atoms with Crippen LogP contribution in [0.2, 0.25) is 0 Å². The molecule has 0 spiro atoms. The largest absolute Gasteiger partial charge is 0.354 e. The maximum atomic E-state index is 11.0. The summed E-state index contributed by atoms with van der Waals surface area (Å²) in [5.41, 5.74) is 2.51. The van der Waals surface area contributed by atoms with Crippen molar-refractivity contribution < 1.29 is 8.42 Å². The minimum absolute atomic E-state index is 0.156. The molecule has 0 saturated heterocycles. The second-order valence-corrected chi connectivity index (χ2v) is 7.13. The fraction of sp³-hybridized carbons (Fsp3) is 0.385. The molecule has 2 aromatic rings. The highest BCUT2D eigenvalue weighted by atomic mass is 32.2. The molecule has 0 atom stereocenters. The lowest BCUT2D eigenvalue weighted by Crippen LogP contribution is -2.12. The van der Waals surface area contributed by atoms with Crippen LogP contribution in [0.25, 0.3) is 10.9 Å². The van der Waals surface area contributed by atoms with Gasteiger partial charge in [0.25, 0.3) is 0 Å². The number of rotatable bonds is 5. The van der Waals surface area contributed by atoms with Crippen molar-refractivity contribution in [1.29, 1.82) is 0 Å². The number of hydrogen-bond donors (Lipinski definition) is 1. The Hall–Kier alpha value is -1.63. The number of anilines is 1. The van der Waals surface area contributed by atoms with Crippen LogP contribution in [0.15, 0.2) is 18.3 Å². The van der Waals surface area contributed by atoms with Gasteiger partial charge in [0.1, 0.15) is 17.7 Å². The Morgan fingerprint density at radius 1 is 1.35 bits per heavy atom. The van der Waals surface area contributed by atoms with E-state index in [9.17, 15) is 8.42 Å². The lowest BCUT2D eigenvalue weighted by atomic mass is 9.90. The van der Waals surface area contributed by atoms with Crippen molar-refractivity contribution in [3.63, 3.8) is 0 Å². The molecule has 2 rings (SSSR count). The molecule has 0 saturated carbocycles. The summed E-state index contributed by atoms with van der Waals surface area (Å²) >= 11 is 0. The van der Waals surface area contributed by atoms with E-state index in [2.05, 4.69) is 15.3 Å². The second-order valence-electron chi connectivity index (χ2n) is 4.87. The van der Waals surface area contributed by atoms with Crippen LogP contribution >= 0.6 is 0 Å². The van der Waals surface area contributed by atoms with E-state index in [0.29, 0.717) is 18.9 Å². The van der Waals surface area contributed by atoms with Crippen LogP contribution in [0.1, 0.15) is 12.0 Å². The first-order chi connectivity index (χ1) is 9.35. The summed E-state index contributed by atoms with van der Waals surface area (Å²) in [6, 6.07) is 3.76. The maximum Gasteiger partial charge on any atom is 0.223 e. The standard InChI is InChI=1S/C13H16BN3O2S/c1-9-6-12-10(7-11(9)14)8-16-13(17-12)15-4-3-5-20(2,18)19/h6-8H,3-5H2,1-2H3,(H,15,16,17). The Morgan fingerprint density at radius 3 is 2.80 bits per heavy atom. The number of nitrogens with zero attached hydrogens (tertiary/aromatic N) is 2. The molecular formula is C13H16BN3O2S. The van der Waals surface area contributed by atoms with Gasteiger partial charge in [0, 0.05) is 24.4 Å². The molecule has 0 unspecified atom stereocenters. The molecule has 0 bridgehead atoms. The van der Waals surface area contributed by atoms with Crippen LogP contribution in [0.5, 0.6) is 0 Å². The number of benzene rings is 1. The van der Waals surface area contributed by atoms with E-state index in [1.807, 2.05) is 19.1 Å². The van der Waals surface area contributed by atoms with Gasteiger partial charge < -0.3 is 5.32 Å². The van der Waals surface area contributed by atoms with Crippen LogP contribution in [0.4, 0.5) is 5.95 Å². The molecule has 0 amide bonds. The van der Waals surface area contributed by atoms with Crippen LogP contribution in [-0.4, -0.2) is 44.8 Å². The van der Waals surface area contributed by atoms with E-state index in [0.717, 1.165) is 21.9 Å². The van der Waals surface area contributed by atoms with Crippen molar-refractivity contribution in [2.24, 2.45) is 0 Å². The van der Waals surface area contributed by atoms with Crippen molar-refractivity contribution in [3.8, 4) is 0 Å². The molecule has 0 aliphatic carbocycles. The van der Waals surface area contributed by atoms with Crippen LogP contribution < -0.4 is 10.8 Å². The molecule has 1 N–H and O–H groups in total. The summed E-state index contributed by atoms with van der Waals surface area (Å²) in [6.07, 6.45) is 3.46. The van der Waals surface area contributed by atoms with Crippen molar-refractivity contribution in [1.82, 2.24) is 9.97 Å². The smallest absolute Gasteiger partial charge is 0.223 e. The predicted molar refractivity (Wildman–Crippen MR) is 82.5 cm³/mol. The van der Waals surface area contributed by atoms with Crippen molar-refractivity contribution in [2.75, 3.05) is 23.9 Å². The molecule has 7 heteroatoms. The molecule has 104 valence electrons. The van der Waals surface area contributed by atoms with Gasteiger partial charge >= 0.3 is 0 Å². The minimum Gasteiger partial charge on any atom is -0.354 e. The molecule has 1 aromatic carbocycles. The van der Waals surface area contributed by atoms with E-state index in [1.54, 1.807) is 6.20 Å². The van der Waals surface area contributed by atoms with Gasteiger partial charge in [0.2, 0.25) is 5.95 Å². The normalized spacial score (nSPS) is 11.7. The monoisotopic (exact) mass is 289 g/mol. The summed E-state index contributed by atoms with van der Waals surface area (Å²) in [5.74, 6) is 0.652. The zero-order valence-electron chi connectivity index (χ0n) is 11.5. The SMILES string of the molecule is [B]c1cc2cnc(NCCCS(C)(=O)=O)nc2cc1C. The molecule has 0 aliphatic rings. The van der Waals surface area contributed by atoms with Crippen molar-refractivity contribution in [2.45, 2.75) is 13.3 Å².